The van der Waals surface area contributed by atoms with Crippen molar-refractivity contribution in [1.29, 1.82) is 0 Å². The van der Waals surface area contributed by atoms with E-state index in [1.54, 1.807) is 4.90 Å². The van der Waals surface area contributed by atoms with E-state index in [1.807, 2.05) is 0 Å². The van der Waals surface area contributed by atoms with E-state index in [9.17, 15) is 0 Å². The van der Waals surface area contributed by atoms with Crippen LogP contribution in [-0.2, 0) is 0 Å². The average Bonchev–Trinajstić information content (AvgIpc) is 2.30. The zero-order valence-electron chi connectivity index (χ0n) is 9.31. The quantitative estimate of drug-likeness (QED) is 0.645. The molecule has 0 aromatic carbocycles. The van der Waals surface area contributed by atoms with Crippen LogP contribution >= 0.6 is 0 Å². The van der Waals surface area contributed by atoms with Crippen molar-refractivity contribution in [3.05, 3.63) is 0 Å². The lowest BCUT2D eigenvalue weighted by atomic mass is 10.0. The Morgan fingerprint density at radius 3 is 2.00 bits per heavy atom. The highest BCUT2D eigenvalue weighted by Crippen LogP contribution is 2.21. The van der Waals surface area contributed by atoms with Crippen molar-refractivity contribution in [3.63, 3.8) is 0 Å². The number of rotatable bonds is 2. The molecule has 0 amide bonds. The Labute approximate surface area is 91.5 Å². The molecule has 0 radical (unpaired) electrons. The van der Waals surface area contributed by atoms with Gasteiger partial charge in [-0.2, -0.15) is 0 Å². The van der Waals surface area contributed by atoms with Gasteiger partial charge < -0.3 is 15.1 Å². The molecule has 2 heterocycles. The molecule has 0 aromatic rings. The normalized spacial score (nSPS) is 27.4. The van der Waals surface area contributed by atoms with Gasteiger partial charge in [0.25, 0.3) is 0 Å². The fourth-order valence-corrected chi connectivity index (χ4v) is 2.77. The summed E-state index contributed by atoms with van der Waals surface area (Å²) >= 11 is 0. The highest BCUT2D eigenvalue weighted by Gasteiger charge is 2.27. The van der Waals surface area contributed by atoms with Gasteiger partial charge in [-0.15, -0.1) is 0 Å². The molecular formula is C11H22N2O2. The zero-order valence-corrected chi connectivity index (χ0v) is 9.31. The molecule has 0 aliphatic carbocycles. The molecule has 88 valence electrons. The fraction of sp³-hybridized carbons (Fsp3) is 1.00. The second-order valence-electron chi connectivity index (χ2n) is 4.71. The van der Waals surface area contributed by atoms with Crippen LogP contribution in [0.15, 0.2) is 0 Å². The van der Waals surface area contributed by atoms with Crippen molar-refractivity contribution in [2.24, 2.45) is 0 Å². The topological polar surface area (TPSA) is 46.9 Å². The third-order valence-corrected chi connectivity index (χ3v) is 3.73. The van der Waals surface area contributed by atoms with E-state index in [1.165, 1.54) is 32.4 Å². The minimum Gasteiger partial charge on any atom is -0.356 e. The highest BCUT2D eigenvalue weighted by atomic mass is 16.5. The average molecular weight is 214 g/mol. The lowest BCUT2D eigenvalue weighted by molar-refractivity contribution is -0.164. The number of likely N-dealkylation sites (tertiary alicyclic amines) is 2. The molecule has 2 N–H and O–H groups in total. The molecule has 0 spiro atoms. The first-order valence-corrected chi connectivity index (χ1v) is 6.11. The Kier molecular flexibility index (Phi) is 3.97. The maximum absolute atomic E-state index is 9.04. The zero-order chi connectivity index (χ0) is 10.7. The van der Waals surface area contributed by atoms with Crippen LogP contribution in [0.2, 0.25) is 0 Å². The Morgan fingerprint density at radius 1 is 0.867 bits per heavy atom. The lowest BCUT2D eigenvalue weighted by Crippen LogP contribution is -2.49. The number of aliphatic hydroxyl groups excluding tert-OH is 1. The summed E-state index contributed by atoms with van der Waals surface area (Å²) < 4.78 is 0. The standard InChI is InChI=1S/C11H22N2O2/c14-11(15)13-8-4-10(5-9-13)12-6-2-1-3-7-12/h10-11,14-15H,1-9H2. The second-order valence-corrected chi connectivity index (χ2v) is 4.71. The van der Waals surface area contributed by atoms with Crippen molar-refractivity contribution >= 4 is 0 Å². The van der Waals surface area contributed by atoms with Crippen molar-refractivity contribution in [1.82, 2.24) is 9.80 Å². The monoisotopic (exact) mass is 214 g/mol. The van der Waals surface area contributed by atoms with Crippen molar-refractivity contribution in [2.45, 2.75) is 44.6 Å². The number of hydrogen-bond donors (Lipinski definition) is 2. The van der Waals surface area contributed by atoms with Gasteiger partial charge in [0, 0.05) is 19.1 Å². The summed E-state index contributed by atoms with van der Waals surface area (Å²) in [6.07, 6.45) is 4.96. The first-order chi connectivity index (χ1) is 7.27. The van der Waals surface area contributed by atoms with E-state index in [4.69, 9.17) is 10.2 Å². The SMILES string of the molecule is OC(O)N1CCC(N2CCCCC2)CC1. The summed E-state index contributed by atoms with van der Waals surface area (Å²) in [4.78, 5) is 4.32. The molecule has 0 saturated carbocycles. The van der Waals surface area contributed by atoms with Crippen LogP contribution < -0.4 is 0 Å². The molecule has 2 rings (SSSR count). The smallest absolute Gasteiger partial charge is 0.213 e. The van der Waals surface area contributed by atoms with Crippen LogP contribution in [-0.4, -0.2) is 58.6 Å². The minimum atomic E-state index is -1.26. The van der Waals surface area contributed by atoms with Crippen molar-refractivity contribution in [2.75, 3.05) is 26.2 Å². The molecule has 0 unspecified atom stereocenters. The summed E-state index contributed by atoms with van der Waals surface area (Å²) in [6.45, 7) is 4.12. The maximum Gasteiger partial charge on any atom is 0.213 e. The summed E-state index contributed by atoms with van der Waals surface area (Å²) in [7, 11) is 0. The van der Waals surface area contributed by atoms with Gasteiger partial charge in [0.15, 0.2) is 0 Å². The molecule has 15 heavy (non-hydrogen) atoms. The number of aliphatic hydroxyl groups is 2. The second kappa shape index (κ2) is 5.25. The molecule has 0 aromatic heterocycles. The van der Waals surface area contributed by atoms with Crippen molar-refractivity contribution < 1.29 is 10.2 Å². The van der Waals surface area contributed by atoms with Crippen molar-refractivity contribution in [3.8, 4) is 0 Å². The number of nitrogens with zero attached hydrogens (tertiary/aromatic N) is 2. The lowest BCUT2D eigenvalue weighted by Gasteiger charge is -2.40. The van der Waals surface area contributed by atoms with E-state index in [-0.39, 0.29) is 0 Å². The Hall–Kier alpha value is -0.160. The van der Waals surface area contributed by atoms with E-state index in [0.717, 1.165) is 25.9 Å². The third-order valence-electron chi connectivity index (χ3n) is 3.73. The maximum atomic E-state index is 9.04. The van der Waals surface area contributed by atoms with Gasteiger partial charge in [0.1, 0.15) is 0 Å². The predicted octanol–water partition coefficient (Wildman–Crippen LogP) is 0.205. The molecule has 2 fully saturated rings. The van der Waals surface area contributed by atoms with Crippen LogP contribution in [0.4, 0.5) is 0 Å². The molecular weight excluding hydrogens is 192 g/mol. The van der Waals surface area contributed by atoms with Gasteiger partial charge >= 0.3 is 0 Å². The molecule has 2 saturated heterocycles. The van der Waals surface area contributed by atoms with Gasteiger partial charge in [0.05, 0.1) is 0 Å². The van der Waals surface area contributed by atoms with Gasteiger partial charge in [0.2, 0.25) is 6.41 Å². The predicted molar refractivity (Wildman–Crippen MR) is 58.2 cm³/mol. The van der Waals surface area contributed by atoms with Gasteiger partial charge in [-0.3, -0.25) is 4.90 Å². The van der Waals surface area contributed by atoms with Crippen LogP contribution in [0, 0.1) is 0 Å². The molecule has 4 heteroatoms. The fourth-order valence-electron chi connectivity index (χ4n) is 2.77. The first kappa shape index (κ1) is 11.3. The minimum absolute atomic E-state index is 0.681. The van der Waals surface area contributed by atoms with Gasteiger partial charge in [-0.1, -0.05) is 6.42 Å². The summed E-state index contributed by atoms with van der Waals surface area (Å²) in [5, 5.41) is 18.1. The Bertz CT molecular complexity index is 185. The van der Waals surface area contributed by atoms with Gasteiger partial charge in [-0.05, 0) is 38.8 Å². The molecule has 0 bridgehead atoms. The van der Waals surface area contributed by atoms with Gasteiger partial charge in [-0.25, -0.2) is 0 Å². The first-order valence-electron chi connectivity index (χ1n) is 6.11. The van der Waals surface area contributed by atoms with Crippen LogP contribution in [0.1, 0.15) is 32.1 Å². The molecule has 0 atom stereocenters. The van der Waals surface area contributed by atoms with Crippen LogP contribution in [0.5, 0.6) is 0 Å². The summed E-state index contributed by atoms with van der Waals surface area (Å²) in [5.41, 5.74) is 0. The van der Waals surface area contributed by atoms with E-state index < -0.39 is 6.41 Å². The molecule has 2 aliphatic heterocycles. The van der Waals surface area contributed by atoms with E-state index >= 15 is 0 Å². The highest BCUT2D eigenvalue weighted by molar-refractivity contribution is 4.81. The van der Waals surface area contributed by atoms with Crippen LogP contribution in [0.3, 0.4) is 0 Å². The van der Waals surface area contributed by atoms with Crippen LogP contribution in [0.25, 0.3) is 0 Å². The summed E-state index contributed by atoms with van der Waals surface area (Å²) in [5.74, 6) is 0. The molecule has 4 nitrogen and oxygen atoms in total. The Morgan fingerprint density at radius 2 is 1.47 bits per heavy atom. The third kappa shape index (κ3) is 2.91. The van der Waals surface area contributed by atoms with E-state index in [2.05, 4.69) is 4.90 Å². The molecule has 2 aliphatic rings. The number of hydrogen-bond acceptors (Lipinski definition) is 4. The summed E-state index contributed by atoms with van der Waals surface area (Å²) in [6, 6.07) is 0.681. The Balaban J connectivity index is 1.77. The largest absolute Gasteiger partial charge is 0.356 e. The van der Waals surface area contributed by atoms with E-state index in [0.29, 0.717) is 6.04 Å². The number of piperidine rings is 2.